The second-order valence-corrected chi connectivity index (χ2v) is 10.5. The minimum absolute atomic E-state index is 0.0784. The number of hydrogen-bond donors (Lipinski definition) is 3. The Morgan fingerprint density at radius 2 is 1.71 bits per heavy atom. The van der Waals surface area contributed by atoms with Crippen molar-refractivity contribution >= 4 is 49.5 Å². The van der Waals surface area contributed by atoms with E-state index in [2.05, 4.69) is 10.6 Å². The number of sulfonamides is 1. The number of aryl methyl sites for hydroxylation is 1. The summed E-state index contributed by atoms with van der Waals surface area (Å²) in [7, 11) is -2.42. The molecule has 34 heavy (non-hydrogen) atoms. The third kappa shape index (κ3) is 4.50. The van der Waals surface area contributed by atoms with E-state index in [1.54, 1.807) is 49.0 Å². The highest BCUT2D eigenvalue weighted by atomic mass is 32.2. The zero-order chi connectivity index (χ0) is 24.6. The molecule has 2 aromatic carbocycles. The van der Waals surface area contributed by atoms with E-state index in [1.165, 1.54) is 12.3 Å². The molecular weight excluding hydrogens is 486 g/mol. The Labute approximate surface area is 196 Å². The number of hydrogen-bond acceptors (Lipinski definition) is 6. The minimum atomic E-state index is -4.14. The van der Waals surface area contributed by atoms with Crippen LogP contribution in [0.15, 0.2) is 63.7 Å². The second-order valence-electron chi connectivity index (χ2n) is 7.26. The molecule has 0 atom stereocenters. The number of benzene rings is 2. The zero-order valence-electron chi connectivity index (χ0n) is 17.8. The van der Waals surface area contributed by atoms with Crippen LogP contribution in [0.1, 0.15) is 4.88 Å². The molecule has 2 heterocycles. The van der Waals surface area contributed by atoms with Crippen LogP contribution in [0, 0.1) is 18.6 Å². The Kier molecular flexibility index (Phi) is 6.11. The van der Waals surface area contributed by atoms with Gasteiger partial charge in [0, 0.05) is 34.9 Å². The van der Waals surface area contributed by atoms with Gasteiger partial charge in [-0.05, 0) is 60.8 Å². The SMILES string of the molecule is CNc1ccc2c(=O)n(-c3c(F)cc(NC(=O)NS(=O)(=O)c4ccc(C)s4)cc3F)ccc2c1. The van der Waals surface area contributed by atoms with Crippen molar-refractivity contribution in [3.8, 4) is 5.69 Å². The highest BCUT2D eigenvalue weighted by molar-refractivity contribution is 7.92. The fourth-order valence-corrected chi connectivity index (χ4v) is 5.52. The zero-order valence-corrected chi connectivity index (χ0v) is 19.5. The van der Waals surface area contributed by atoms with Gasteiger partial charge < -0.3 is 10.6 Å². The number of urea groups is 1. The van der Waals surface area contributed by atoms with Crippen LogP contribution >= 0.6 is 11.3 Å². The van der Waals surface area contributed by atoms with E-state index >= 15 is 0 Å². The van der Waals surface area contributed by atoms with E-state index in [0.717, 1.165) is 38.6 Å². The first kappa shape index (κ1) is 23.4. The number of thiophene rings is 1. The Bertz CT molecular complexity index is 1570. The standard InChI is InChI=1S/C22H18F2N4O4S2/c1-12-3-6-19(33-12)34(31,32)27-22(30)26-15-10-17(23)20(18(24)11-15)28-8-7-13-9-14(25-2)4-5-16(13)21(28)29/h3-11,25H,1-2H3,(H2,26,27,30). The molecule has 3 N–H and O–H groups in total. The molecule has 2 amide bonds. The largest absolute Gasteiger partial charge is 0.388 e. The topological polar surface area (TPSA) is 109 Å². The van der Waals surface area contributed by atoms with Gasteiger partial charge in [-0.15, -0.1) is 11.3 Å². The van der Waals surface area contributed by atoms with Gasteiger partial charge in [-0.3, -0.25) is 9.36 Å². The average molecular weight is 505 g/mol. The lowest BCUT2D eigenvalue weighted by Gasteiger charge is -2.13. The van der Waals surface area contributed by atoms with Gasteiger partial charge in [0.1, 0.15) is 9.90 Å². The lowest BCUT2D eigenvalue weighted by molar-refractivity contribution is 0.256. The molecule has 0 unspecified atom stereocenters. The number of carbonyl (C=O) groups is 1. The van der Waals surface area contributed by atoms with Crippen LogP contribution < -0.4 is 20.9 Å². The molecule has 12 heteroatoms. The first-order valence-corrected chi connectivity index (χ1v) is 12.1. The summed E-state index contributed by atoms with van der Waals surface area (Å²) in [4.78, 5) is 25.7. The quantitative estimate of drug-likeness (QED) is 0.378. The van der Waals surface area contributed by atoms with E-state index in [4.69, 9.17) is 0 Å². The molecule has 0 fully saturated rings. The van der Waals surface area contributed by atoms with Crippen molar-refractivity contribution in [3.05, 3.63) is 81.6 Å². The number of carbonyl (C=O) groups excluding carboxylic acids is 1. The maximum absolute atomic E-state index is 14.9. The fraction of sp³-hybridized carbons (Fsp3) is 0.0909. The number of pyridine rings is 1. The summed E-state index contributed by atoms with van der Waals surface area (Å²) in [6, 6.07) is 9.79. The van der Waals surface area contributed by atoms with Gasteiger partial charge in [-0.1, -0.05) is 0 Å². The summed E-state index contributed by atoms with van der Waals surface area (Å²) in [6.07, 6.45) is 1.25. The molecule has 0 aliphatic rings. The van der Waals surface area contributed by atoms with Crippen molar-refractivity contribution < 1.29 is 22.0 Å². The van der Waals surface area contributed by atoms with Gasteiger partial charge in [-0.25, -0.2) is 26.7 Å². The number of aromatic nitrogens is 1. The average Bonchev–Trinajstić information content (AvgIpc) is 3.21. The van der Waals surface area contributed by atoms with E-state index in [0.29, 0.717) is 5.39 Å². The first-order chi connectivity index (χ1) is 16.1. The monoisotopic (exact) mass is 504 g/mol. The maximum atomic E-state index is 14.9. The maximum Gasteiger partial charge on any atom is 0.333 e. The molecule has 0 spiro atoms. The lowest BCUT2D eigenvalue weighted by Crippen LogP contribution is -2.34. The number of amides is 2. The molecule has 0 saturated heterocycles. The van der Waals surface area contributed by atoms with Gasteiger partial charge in [0.25, 0.3) is 15.6 Å². The van der Waals surface area contributed by atoms with Crippen LogP contribution in [0.2, 0.25) is 0 Å². The molecule has 0 bridgehead atoms. The molecular formula is C22H18F2N4O4S2. The van der Waals surface area contributed by atoms with Crippen LogP contribution in [-0.4, -0.2) is 26.1 Å². The molecule has 0 aliphatic heterocycles. The highest BCUT2D eigenvalue weighted by Gasteiger charge is 2.21. The van der Waals surface area contributed by atoms with Gasteiger partial charge in [0.15, 0.2) is 11.6 Å². The molecule has 0 radical (unpaired) electrons. The van der Waals surface area contributed by atoms with Crippen molar-refractivity contribution in [1.82, 2.24) is 9.29 Å². The van der Waals surface area contributed by atoms with Gasteiger partial charge in [0.2, 0.25) is 0 Å². The number of halogens is 2. The van der Waals surface area contributed by atoms with Gasteiger partial charge in [-0.2, -0.15) is 0 Å². The van der Waals surface area contributed by atoms with Crippen molar-refractivity contribution in [2.45, 2.75) is 11.1 Å². The molecule has 4 aromatic rings. The van der Waals surface area contributed by atoms with E-state index in [1.807, 2.05) is 0 Å². The smallest absolute Gasteiger partial charge is 0.333 e. The van der Waals surface area contributed by atoms with E-state index in [9.17, 15) is 26.8 Å². The third-order valence-electron chi connectivity index (χ3n) is 4.92. The Hall–Kier alpha value is -3.77. The minimum Gasteiger partial charge on any atom is -0.388 e. The van der Waals surface area contributed by atoms with Crippen LogP contribution in [-0.2, 0) is 10.0 Å². The summed E-state index contributed by atoms with van der Waals surface area (Å²) in [5, 5.41) is 5.89. The van der Waals surface area contributed by atoms with Crippen LogP contribution in [0.4, 0.5) is 25.0 Å². The summed E-state index contributed by atoms with van der Waals surface area (Å²) < 4.78 is 56.8. The van der Waals surface area contributed by atoms with Crippen LogP contribution in [0.5, 0.6) is 0 Å². The summed E-state index contributed by atoms with van der Waals surface area (Å²) >= 11 is 0.965. The Balaban J connectivity index is 1.62. The summed E-state index contributed by atoms with van der Waals surface area (Å²) in [6.45, 7) is 1.71. The van der Waals surface area contributed by atoms with Crippen molar-refractivity contribution in [2.75, 3.05) is 17.7 Å². The third-order valence-corrected chi connectivity index (χ3v) is 7.74. The van der Waals surface area contributed by atoms with Crippen LogP contribution in [0.3, 0.4) is 0 Å². The predicted molar refractivity (Wildman–Crippen MR) is 127 cm³/mol. The predicted octanol–water partition coefficient (Wildman–Crippen LogP) is 4.19. The molecule has 4 rings (SSSR count). The number of fused-ring (bicyclic) bond motifs is 1. The van der Waals surface area contributed by atoms with Crippen molar-refractivity contribution in [1.29, 1.82) is 0 Å². The number of nitrogens with zero attached hydrogens (tertiary/aromatic N) is 1. The molecule has 2 aromatic heterocycles. The number of rotatable bonds is 5. The Morgan fingerprint density at radius 3 is 2.32 bits per heavy atom. The Morgan fingerprint density at radius 1 is 1.00 bits per heavy atom. The van der Waals surface area contributed by atoms with Crippen molar-refractivity contribution in [2.24, 2.45) is 0 Å². The number of nitrogens with one attached hydrogen (secondary N) is 3. The normalized spacial score (nSPS) is 11.4. The van der Waals surface area contributed by atoms with Crippen molar-refractivity contribution in [3.63, 3.8) is 0 Å². The first-order valence-electron chi connectivity index (χ1n) is 9.82. The molecule has 0 aliphatic carbocycles. The highest BCUT2D eigenvalue weighted by Crippen LogP contribution is 2.24. The number of anilines is 2. The molecule has 176 valence electrons. The summed E-state index contributed by atoms with van der Waals surface area (Å²) in [5.74, 6) is -2.25. The fourth-order valence-electron chi connectivity index (χ4n) is 3.33. The van der Waals surface area contributed by atoms with Gasteiger partial charge in [0.05, 0.1) is 0 Å². The van der Waals surface area contributed by atoms with Gasteiger partial charge >= 0.3 is 6.03 Å². The lowest BCUT2D eigenvalue weighted by atomic mass is 10.1. The van der Waals surface area contributed by atoms with E-state index in [-0.39, 0.29) is 15.3 Å². The molecule has 8 nitrogen and oxygen atoms in total. The summed E-state index contributed by atoms with van der Waals surface area (Å²) in [5.41, 5.74) is -0.820. The second kappa shape index (κ2) is 8.88. The van der Waals surface area contributed by atoms with E-state index < -0.39 is 38.9 Å². The molecule has 0 saturated carbocycles. The van der Waals surface area contributed by atoms with Crippen LogP contribution in [0.25, 0.3) is 16.5 Å².